The summed E-state index contributed by atoms with van der Waals surface area (Å²) in [7, 11) is 1.73. The smallest absolute Gasteiger partial charge is 0.223 e. The van der Waals surface area contributed by atoms with E-state index in [1.54, 1.807) is 7.11 Å². The molecule has 31 heavy (non-hydrogen) atoms. The lowest BCUT2D eigenvalue weighted by Gasteiger charge is -2.43. The lowest BCUT2D eigenvalue weighted by molar-refractivity contribution is -0.128. The number of nitrogens with one attached hydrogen (secondary N) is 1. The monoisotopic (exact) mass is 471 g/mol. The third kappa shape index (κ3) is 6.07. The normalized spacial score (nSPS) is 29.1. The first-order valence-electron chi connectivity index (χ1n) is 11.6. The molecule has 7 heteroatoms. The fourth-order valence-electron chi connectivity index (χ4n) is 5.95. The van der Waals surface area contributed by atoms with Crippen LogP contribution >= 0.6 is 24.8 Å². The molecule has 3 atom stereocenters. The largest absolute Gasteiger partial charge is 0.496 e. The van der Waals surface area contributed by atoms with Crippen LogP contribution in [0.4, 0.5) is 0 Å². The van der Waals surface area contributed by atoms with Gasteiger partial charge in [0.25, 0.3) is 0 Å². The summed E-state index contributed by atoms with van der Waals surface area (Å²) in [5.74, 6) is 2.33. The first-order chi connectivity index (χ1) is 14.2. The molecule has 0 aromatic heterocycles. The zero-order valence-electron chi connectivity index (χ0n) is 18.6. The highest BCUT2D eigenvalue weighted by Gasteiger charge is 2.40. The summed E-state index contributed by atoms with van der Waals surface area (Å²) in [6.45, 7) is 2.82. The van der Waals surface area contributed by atoms with Crippen molar-refractivity contribution >= 4 is 30.7 Å². The van der Waals surface area contributed by atoms with E-state index in [1.807, 2.05) is 12.1 Å². The van der Waals surface area contributed by atoms with E-state index in [4.69, 9.17) is 10.5 Å². The summed E-state index contributed by atoms with van der Waals surface area (Å²) >= 11 is 0. The zero-order valence-corrected chi connectivity index (χ0v) is 20.3. The summed E-state index contributed by atoms with van der Waals surface area (Å²) in [5, 5.41) is 3.33. The number of fused-ring (bicyclic) bond motifs is 2. The average molecular weight is 473 g/mol. The summed E-state index contributed by atoms with van der Waals surface area (Å²) in [6.07, 6.45) is 9.35. The van der Waals surface area contributed by atoms with Gasteiger partial charge in [0.1, 0.15) is 5.75 Å². The summed E-state index contributed by atoms with van der Waals surface area (Å²) in [5.41, 5.74) is 7.60. The molecule has 0 spiro atoms. The van der Waals surface area contributed by atoms with Crippen molar-refractivity contribution < 1.29 is 9.53 Å². The van der Waals surface area contributed by atoms with E-state index in [0.29, 0.717) is 24.4 Å². The van der Waals surface area contributed by atoms with Crippen LogP contribution in [0, 0.1) is 17.8 Å². The molecule has 1 aromatic carbocycles. The van der Waals surface area contributed by atoms with Crippen LogP contribution in [-0.2, 0) is 4.79 Å². The molecular weight excluding hydrogens is 433 g/mol. The number of likely N-dealkylation sites (tertiary alicyclic amines) is 1. The second-order valence-electron chi connectivity index (χ2n) is 9.30. The first-order valence-corrected chi connectivity index (χ1v) is 11.6. The van der Waals surface area contributed by atoms with Gasteiger partial charge >= 0.3 is 0 Å². The van der Waals surface area contributed by atoms with Crippen LogP contribution in [0.25, 0.3) is 0 Å². The number of rotatable bonds is 6. The topological polar surface area (TPSA) is 67.6 Å². The number of ether oxygens (including phenoxy) is 1. The van der Waals surface area contributed by atoms with E-state index < -0.39 is 0 Å². The van der Waals surface area contributed by atoms with Crippen molar-refractivity contribution in [1.82, 2.24) is 10.2 Å². The fourth-order valence-corrected chi connectivity index (χ4v) is 5.95. The van der Waals surface area contributed by atoms with Crippen molar-refractivity contribution in [3.8, 4) is 5.75 Å². The van der Waals surface area contributed by atoms with Gasteiger partial charge in [0.2, 0.25) is 5.91 Å². The third-order valence-corrected chi connectivity index (χ3v) is 7.58. The van der Waals surface area contributed by atoms with Crippen LogP contribution in [0.15, 0.2) is 24.3 Å². The highest BCUT2D eigenvalue weighted by atomic mass is 35.5. The molecule has 3 unspecified atom stereocenters. The van der Waals surface area contributed by atoms with E-state index in [9.17, 15) is 4.79 Å². The fraction of sp³-hybridized carbons (Fsp3) is 0.708. The minimum absolute atomic E-state index is 0. The number of carbonyl (C=O) groups is 1. The Balaban J connectivity index is 0.00000171. The highest BCUT2D eigenvalue weighted by molar-refractivity contribution is 5.85. The van der Waals surface area contributed by atoms with Crippen molar-refractivity contribution in [2.24, 2.45) is 23.5 Å². The van der Waals surface area contributed by atoms with Gasteiger partial charge in [0, 0.05) is 24.1 Å². The Morgan fingerprint density at radius 2 is 1.74 bits per heavy atom. The van der Waals surface area contributed by atoms with E-state index in [2.05, 4.69) is 22.3 Å². The van der Waals surface area contributed by atoms with Gasteiger partial charge in [-0.1, -0.05) is 31.0 Å². The van der Waals surface area contributed by atoms with Crippen molar-refractivity contribution in [3.05, 3.63) is 29.8 Å². The van der Waals surface area contributed by atoms with Crippen LogP contribution in [-0.4, -0.2) is 43.6 Å². The van der Waals surface area contributed by atoms with Crippen LogP contribution in [0.5, 0.6) is 5.75 Å². The Hall–Kier alpha value is -1.01. The Bertz CT molecular complexity index is 685. The molecular formula is C24H39Cl2N3O2. The molecule has 4 rings (SSSR count). The van der Waals surface area contributed by atoms with Gasteiger partial charge in [0.15, 0.2) is 0 Å². The Morgan fingerprint density at radius 1 is 1.10 bits per heavy atom. The summed E-state index contributed by atoms with van der Waals surface area (Å²) < 4.78 is 5.65. The zero-order chi connectivity index (χ0) is 20.2. The van der Waals surface area contributed by atoms with Crippen LogP contribution in [0.2, 0.25) is 0 Å². The maximum Gasteiger partial charge on any atom is 0.223 e. The molecule has 2 bridgehead atoms. The second-order valence-corrected chi connectivity index (χ2v) is 9.30. The third-order valence-electron chi connectivity index (χ3n) is 7.58. The number of benzene rings is 1. The second kappa shape index (κ2) is 12.3. The molecule has 1 amide bonds. The predicted octanol–water partition coefficient (Wildman–Crippen LogP) is 4.34. The minimum atomic E-state index is 0. The Kier molecular flexibility index (Phi) is 10.4. The van der Waals surface area contributed by atoms with Gasteiger partial charge in [-0.05, 0) is 69.5 Å². The van der Waals surface area contributed by atoms with Gasteiger partial charge in [-0.25, -0.2) is 0 Å². The number of piperidine rings is 1. The number of carbonyl (C=O) groups excluding carboxylic acids is 1. The lowest BCUT2D eigenvalue weighted by Crippen LogP contribution is -2.50. The van der Waals surface area contributed by atoms with Gasteiger partial charge in [-0.2, -0.15) is 0 Å². The first kappa shape index (κ1) is 26.2. The standard InChI is InChI=1S/C24H37N3O2.2ClH/c1-29-22-11-4-3-10-20(22)21(27-12-5-2-6-13-27)16-26-24(28)19-14-17-8-7-9-18(15-19)23(17)25;;/h3-4,10-11,17-19,21,23H,2,5-9,12-16,25H2,1H3,(H,26,28);2*1H. The van der Waals surface area contributed by atoms with Crippen molar-refractivity contribution in [3.63, 3.8) is 0 Å². The Morgan fingerprint density at radius 3 is 2.39 bits per heavy atom. The predicted molar refractivity (Wildman–Crippen MR) is 130 cm³/mol. The van der Waals surface area contributed by atoms with Gasteiger partial charge in [0.05, 0.1) is 13.2 Å². The molecule has 176 valence electrons. The van der Waals surface area contributed by atoms with Crippen LogP contribution in [0.1, 0.15) is 63.0 Å². The molecule has 2 saturated carbocycles. The van der Waals surface area contributed by atoms with E-state index in [-0.39, 0.29) is 42.7 Å². The van der Waals surface area contributed by atoms with Crippen molar-refractivity contribution in [2.45, 2.75) is 63.5 Å². The average Bonchev–Trinajstić information content (AvgIpc) is 2.74. The number of hydrogen-bond acceptors (Lipinski definition) is 4. The van der Waals surface area contributed by atoms with E-state index >= 15 is 0 Å². The molecule has 1 heterocycles. The number of nitrogens with zero attached hydrogens (tertiary/aromatic N) is 1. The molecule has 5 nitrogen and oxygen atoms in total. The number of halogens is 2. The Labute approximate surface area is 199 Å². The quantitative estimate of drug-likeness (QED) is 0.647. The number of hydrogen-bond donors (Lipinski definition) is 2. The van der Waals surface area contributed by atoms with E-state index in [1.165, 1.54) is 44.1 Å². The molecule has 3 N–H and O–H groups in total. The number of nitrogens with two attached hydrogens (primary N) is 1. The van der Waals surface area contributed by atoms with E-state index in [0.717, 1.165) is 31.7 Å². The van der Waals surface area contributed by atoms with Gasteiger partial charge in [-0.15, -0.1) is 24.8 Å². The van der Waals surface area contributed by atoms with Crippen LogP contribution < -0.4 is 15.8 Å². The molecule has 3 aliphatic rings. The van der Waals surface area contributed by atoms with Gasteiger partial charge < -0.3 is 15.8 Å². The number of methoxy groups -OCH3 is 1. The highest BCUT2D eigenvalue weighted by Crippen LogP contribution is 2.42. The molecule has 1 aromatic rings. The van der Waals surface area contributed by atoms with Crippen LogP contribution in [0.3, 0.4) is 0 Å². The van der Waals surface area contributed by atoms with Crippen molar-refractivity contribution in [2.75, 3.05) is 26.7 Å². The summed E-state index contributed by atoms with van der Waals surface area (Å²) in [6, 6.07) is 8.73. The maximum absolute atomic E-state index is 13.1. The minimum Gasteiger partial charge on any atom is -0.496 e. The number of para-hydroxylation sites is 1. The molecule has 1 aliphatic heterocycles. The molecule has 2 aliphatic carbocycles. The molecule has 3 fully saturated rings. The molecule has 0 radical (unpaired) electrons. The SMILES string of the molecule is COc1ccccc1C(CNC(=O)C1CC2CCCC(C1)C2N)N1CCCCC1.Cl.Cl. The maximum atomic E-state index is 13.1. The lowest BCUT2D eigenvalue weighted by atomic mass is 9.65. The number of amides is 1. The van der Waals surface area contributed by atoms with Crippen molar-refractivity contribution in [1.29, 1.82) is 0 Å². The van der Waals surface area contributed by atoms with Gasteiger partial charge in [-0.3, -0.25) is 9.69 Å². The summed E-state index contributed by atoms with van der Waals surface area (Å²) in [4.78, 5) is 15.6. The molecule has 1 saturated heterocycles.